The van der Waals surface area contributed by atoms with E-state index in [1.165, 1.54) is 77.0 Å². The van der Waals surface area contributed by atoms with E-state index in [1.54, 1.807) is 0 Å². The van der Waals surface area contributed by atoms with Gasteiger partial charge in [-0.1, -0.05) is 83.5 Å². The van der Waals surface area contributed by atoms with Crippen molar-refractivity contribution < 1.29 is 9.90 Å². The molecule has 0 aromatic heterocycles. The van der Waals surface area contributed by atoms with Gasteiger partial charge in [-0.25, -0.2) is 0 Å². The van der Waals surface area contributed by atoms with Crippen molar-refractivity contribution >= 4 is 5.97 Å². The van der Waals surface area contributed by atoms with Crippen LogP contribution in [0.3, 0.4) is 0 Å². The van der Waals surface area contributed by atoms with E-state index in [2.05, 4.69) is 0 Å². The molecule has 2 nitrogen and oxygen atoms in total. The molecule has 1 atom stereocenters. The Bertz CT molecular complexity index is 301. The maximum atomic E-state index is 11.5. The van der Waals surface area contributed by atoms with E-state index >= 15 is 0 Å². The van der Waals surface area contributed by atoms with Crippen LogP contribution in [0.5, 0.6) is 0 Å². The predicted octanol–water partition coefficient (Wildman–Crippen LogP) is 6.19. The number of aliphatic carboxylic acids is 1. The zero-order valence-corrected chi connectivity index (χ0v) is 14.4. The second-order valence-corrected chi connectivity index (χ2v) is 7.91. The lowest BCUT2D eigenvalue weighted by atomic mass is 9.82. The van der Waals surface area contributed by atoms with Crippen molar-refractivity contribution in [2.75, 3.05) is 0 Å². The topological polar surface area (TPSA) is 37.3 Å². The summed E-state index contributed by atoms with van der Waals surface area (Å²) in [5.74, 6) is 1.14. The number of hydrogen-bond donors (Lipinski definition) is 1. The van der Waals surface area contributed by atoms with Gasteiger partial charge in [0.25, 0.3) is 0 Å². The van der Waals surface area contributed by atoms with Gasteiger partial charge in [0, 0.05) is 0 Å². The standard InChI is InChI=1S/C20H36O2/c21-20(22)19(16-15-18-11-5-2-6-12-18)14-8-7-13-17-9-3-1-4-10-17/h17-19H,1-16H2,(H,21,22). The molecule has 2 heteroatoms. The van der Waals surface area contributed by atoms with Crippen LogP contribution >= 0.6 is 0 Å². The zero-order chi connectivity index (χ0) is 15.6. The van der Waals surface area contributed by atoms with Crippen LogP contribution in [0.15, 0.2) is 0 Å². The predicted molar refractivity (Wildman–Crippen MR) is 92.0 cm³/mol. The molecule has 0 bridgehead atoms. The fourth-order valence-corrected chi connectivity index (χ4v) is 4.60. The van der Waals surface area contributed by atoms with Crippen LogP contribution in [0, 0.1) is 17.8 Å². The van der Waals surface area contributed by atoms with E-state index in [0.29, 0.717) is 0 Å². The second kappa shape index (κ2) is 10.3. The normalized spacial score (nSPS) is 22.5. The van der Waals surface area contributed by atoms with Gasteiger partial charge in [-0.05, 0) is 31.1 Å². The lowest BCUT2D eigenvalue weighted by Crippen LogP contribution is -2.16. The number of hydrogen-bond acceptors (Lipinski definition) is 1. The summed E-state index contributed by atoms with van der Waals surface area (Å²) in [6.07, 6.45) is 20.6. The Morgan fingerprint density at radius 3 is 1.86 bits per heavy atom. The highest BCUT2D eigenvalue weighted by Gasteiger charge is 2.21. The van der Waals surface area contributed by atoms with Crippen LogP contribution in [0.25, 0.3) is 0 Å². The third-order valence-electron chi connectivity index (χ3n) is 6.14. The summed E-state index contributed by atoms with van der Waals surface area (Å²) < 4.78 is 0. The Hall–Kier alpha value is -0.530. The van der Waals surface area contributed by atoms with Gasteiger partial charge in [-0.2, -0.15) is 0 Å². The van der Waals surface area contributed by atoms with Gasteiger partial charge >= 0.3 is 5.97 Å². The smallest absolute Gasteiger partial charge is 0.306 e. The first-order valence-corrected chi connectivity index (χ1v) is 9.98. The van der Waals surface area contributed by atoms with Gasteiger partial charge in [0.2, 0.25) is 0 Å². The van der Waals surface area contributed by atoms with Gasteiger partial charge < -0.3 is 5.11 Å². The van der Waals surface area contributed by atoms with Crippen molar-refractivity contribution in [2.45, 2.75) is 103 Å². The highest BCUT2D eigenvalue weighted by atomic mass is 16.4. The Labute approximate surface area is 137 Å². The molecule has 0 amide bonds. The van der Waals surface area contributed by atoms with Crippen molar-refractivity contribution in [3.8, 4) is 0 Å². The van der Waals surface area contributed by atoms with Crippen molar-refractivity contribution in [3.05, 3.63) is 0 Å². The fraction of sp³-hybridized carbons (Fsp3) is 0.950. The molecule has 0 aromatic carbocycles. The molecule has 2 aliphatic carbocycles. The maximum absolute atomic E-state index is 11.5. The van der Waals surface area contributed by atoms with Crippen molar-refractivity contribution in [1.29, 1.82) is 0 Å². The number of unbranched alkanes of at least 4 members (excludes halogenated alkanes) is 1. The lowest BCUT2D eigenvalue weighted by molar-refractivity contribution is -0.142. The SMILES string of the molecule is O=C(O)C(CCCCC1CCCCC1)CCC1CCCCC1. The number of rotatable bonds is 9. The molecule has 2 rings (SSSR count). The highest BCUT2D eigenvalue weighted by molar-refractivity contribution is 5.69. The molecular weight excluding hydrogens is 272 g/mol. The number of carbonyl (C=O) groups is 1. The van der Waals surface area contributed by atoms with Crippen molar-refractivity contribution in [1.82, 2.24) is 0 Å². The first-order valence-electron chi connectivity index (χ1n) is 9.98. The lowest BCUT2D eigenvalue weighted by Gasteiger charge is -2.23. The van der Waals surface area contributed by atoms with Gasteiger partial charge in [0.1, 0.15) is 0 Å². The van der Waals surface area contributed by atoms with E-state index in [9.17, 15) is 9.90 Å². The van der Waals surface area contributed by atoms with Crippen LogP contribution < -0.4 is 0 Å². The van der Waals surface area contributed by atoms with Crippen LogP contribution in [0.2, 0.25) is 0 Å². The van der Waals surface area contributed by atoms with Gasteiger partial charge in [0.15, 0.2) is 0 Å². The highest BCUT2D eigenvalue weighted by Crippen LogP contribution is 2.31. The quantitative estimate of drug-likeness (QED) is 0.516. The summed E-state index contributed by atoms with van der Waals surface area (Å²) in [5.41, 5.74) is 0. The van der Waals surface area contributed by atoms with E-state index in [0.717, 1.165) is 37.5 Å². The molecule has 0 spiro atoms. The molecule has 22 heavy (non-hydrogen) atoms. The summed E-state index contributed by atoms with van der Waals surface area (Å²) in [6, 6.07) is 0. The van der Waals surface area contributed by atoms with Crippen molar-refractivity contribution in [2.24, 2.45) is 17.8 Å². The second-order valence-electron chi connectivity index (χ2n) is 7.91. The molecule has 0 radical (unpaired) electrons. The van der Waals surface area contributed by atoms with E-state index in [1.807, 2.05) is 0 Å². The van der Waals surface area contributed by atoms with E-state index in [-0.39, 0.29) is 5.92 Å². The molecule has 2 fully saturated rings. The van der Waals surface area contributed by atoms with Gasteiger partial charge in [-0.15, -0.1) is 0 Å². The maximum Gasteiger partial charge on any atom is 0.306 e. The van der Waals surface area contributed by atoms with Crippen LogP contribution in [-0.2, 0) is 4.79 Å². The van der Waals surface area contributed by atoms with Crippen molar-refractivity contribution in [3.63, 3.8) is 0 Å². The average molecular weight is 309 g/mol. The van der Waals surface area contributed by atoms with E-state index < -0.39 is 5.97 Å². The Balaban J connectivity index is 1.57. The zero-order valence-electron chi connectivity index (χ0n) is 14.4. The molecule has 1 unspecified atom stereocenters. The fourth-order valence-electron chi connectivity index (χ4n) is 4.60. The van der Waals surface area contributed by atoms with Crippen LogP contribution in [-0.4, -0.2) is 11.1 Å². The molecule has 1 N–H and O–H groups in total. The molecule has 0 aliphatic heterocycles. The first-order chi connectivity index (χ1) is 10.8. The molecule has 2 aliphatic rings. The third kappa shape index (κ3) is 6.71. The van der Waals surface area contributed by atoms with Crippen LogP contribution in [0.4, 0.5) is 0 Å². The third-order valence-corrected chi connectivity index (χ3v) is 6.14. The minimum absolute atomic E-state index is 0.0757. The number of carboxylic acids is 1. The molecule has 0 aromatic rings. The summed E-state index contributed by atoms with van der Waals surface area (Å²) >= 11 is 0. The average Bonchev–Trinajstić information content (AvgIpc) is 2.55. The molecule has 2 saturated carbocycles. The van der Waals surface area contributed by atoms with Crippen LogP contribution in [0.1, 0.15) is 103 Å². The largest absolute Gasteiger partial charge is 0.481 e. The monoisotopic (exact) mass is 308 g/mol. The Morgan fingerprint density at radius 1 is 0.773 bits per heavy atom. The molecule has 0 heterocycles. The number of carboxylic acid groups (broad SMARTS) is 1. The van der Waals surface area contributed by atoms with Gasteiger partial charge in [0.05, 0.1) is 5.92 Å². The minimum Gasteiger partial charge on any atom is -0.481 e. The first kappa shape index (κ1) is 17.8. The Kier molecular flexibility index (Phi) is 8.33. The summed E-state index contributed by atoms with van der Waals surface area (Å²) in [6.45, 7) is 0. The Morgan fingerprint density at radius 2 is 1.32 bits per heavy atom. The summed E-state index contributed by atoms with van der Waals surface area (Å²) in [5, 5.41) is 9.45. The van der Waals surface area contributed by atoms with Gasteiger partial charge in [-0.3, -0.25) is 4.79 Å². The molecule has 0 saturated heterocycles. The van der Waals surface area contributed by atoms with E-state index in [4.69, 9.17) is 0 Å². The summed E-state index contributed by atoms with van der Waals surface area (Å²) in [7, 11) is 0. The molecule has 128 valence electrons. The molecular formula is C20H36O2. The minimum atomic E-state index is -0.548. The summed E-state index contributed by atoms with van der Waals surface area (Å²) in [4.78, 5) is 11.5.